The van der Waals surface area contributed by atoms with Gasteiger partial charge in [0, 0.05) is 30.6 Å². The number of carbonyl (C=O) groups excluding carboxylic acids is 1. The lowest BCUT2D eigenvalue weighted by atomic mass is 10.1. The number of hydrogen-bond donors (Lipinski definition) is 2. The number of sulfonamides is 2. The van der Waals surface area contributed by atoms with Gasteiger partial charge in [-0.2, -0.15) is 0 Å². The summed E-state index contributed by atoms with van der Waals surface area (Å²) in [7, 11) is -4.96. The first-order valence-corrected chi connectivity index (χ1v) is 14.5. The molecule has 0 aliphatic rings. The highest BCUT2D eigenvalue weighted by Gasteiger charge is 2.29. The number of carbonyl (C=O) groups is 1. The lowest BCUT2D eigenvalue weighted by Gasteiger charge is -2.17. The van der Waals surface area contributed by atoms with E-state index in [2.05, 4.69) is 25.8 Å². The summed E-state index contributed by atoms with van der Waals surface area (Å²) in [5.41, 5.74) is 1.22. The Labute approximate surface area is 214 Å². The maximum Gasteiger partial charge on any atom is 0.276 e. The molecule has 35 heavy (non-hydrogen) atoms. The molecule has 4 rings (SSSR count). The summed E-state index contributed by atoms with van der Waals surface area (Å²) >= 11 is 3.96. The molecule has 0 radical (unpaired) electrons. The Morgan fingerprint density at radius 3 is 2.34 bits per heavy atom. The number of hydrogen-bond acceptors (Lipinski definition) is 9. The van der Waals surface area contributed by atoms with Crippen LogP contribution in [0, 0.1) is 6.92 Å². The SMILES string of the molecule is Cc1noc(NS(=O)(=O)c2ccsc2C(=O)NS(=O)(=O)c2cccc3c(N(C)C)cccc23)c1Br. The number of benzene rings is 2. The largest absolute Gasteiger partial charge is 0.377 e. The first kappa shape index (κ1) is 25.2. The first-order valence-electron chi connectivity index (χ1n) is 9.90. The van der Waals surface area contributed by atoms with Crippen molar-refractivity contribution >= 4 is 75.6 Å². The molecule has 2 heterocycles. The summed E-state index contributed by atoms with van der Waals surface area (Å²) in [4.78, 5) is 14.0. The number of thiophene rings is 1. The van der Waals surface area contributed by atoms with Crippen molar-refractivity contribution in [3.05, 3.63) is 62.9 Å². The van der Waals surface area contributed by atoms with Crippen LogP contribution in [0.5, 0.6) is 0 Å². The number of aryl methyl sites for hydroxylation is 1. The van der Waals surface area contributed by atoms with E-state index in [1.165, 1.54) is 17.5 Å². The molecule has 0 aliphatic heterocycles. The van der Waals surface area contributed by atoms with Gasteiger partial charge in [0.15, 0.2) is 0 Å². The Kier molecular flexibility index (Phi) is 6.66. The number of halogens is 1. The van der Waals surface area contributed by atoms with Crippen molar-refractivity contribution < 1.29 is 26.2 Å². The molecule has 14 heteroatoms. The zero-order valence-corrected chi connectivity index (χ0v) is 22.6. The monoisotopic (exact) mass is 598 g/mol. The minimum Gasteiger partial charge on any atom is -0.377 e. The molecule has 0 saturated heterocycles. The van der Waals surface area contributed by atoms with E-state index < -0.39 is 30.8 Å². The minimum atomic E-state index is -4.34. The van der Waals surface area contributed by atoms with Crippen LogP contribution in [0.25, 0.3) is 10.8 Å². The fraction of sp³-hybridized carbons (Fsp3) is 0.143. The summed E-state index contributed by atoms with van der Waals surface area (Å²) in [5, 5.41) is 6.13. The van der Waals surface area contributed by atoms with Crippen molar-refractivity contribution in [3.63, 3.8) is 0 Å². The second kappa shape index (κ2) is 9.26. The van der Waals surface area contributed by atoms with Gasteiger partial charge in [-0.3, -0.25) is 4.79 Å². The van der Waals surface area contributed by atoms with Crippen molar-refractivity contribution in [1.82, 2.24) is 9.88 Å². The number of amides is 1. The Hall–Kier alpha value is -2.94. The van der Waals surface area contributed by atoms with Crippen LogP contribution in [0.2, 0.25) is 0 Å². The second-order valence-electron chi connectivity index (χ2n) is 7.59. The van der Waals surface area contributed by atoms with Gasteiger partial charge in [0.25, 0.3) is 31.8 Å². The van der Waals surface area contributed by atoms with Crippen molar-refractivity contribution in [2.45, 2.75) is 16.7 Å². The van der Waals surface area contributed by atoms with Crippen LogP contribution in [-0.2, 0) is 20.0 Å². The van der Waals surface area contributed by atoms with Crippen LogP contribution in [0.4, 0.5) is 11.6 Å². The maximum absolute atomic E-state index is 13.2. The Morgan fingerprint density at radius 2 is 1.69 bits per heavy atom. The van der Waals surface area contributed by atoms with Gasteiger partial charge in [0.2, 0.25) is 0 Å². The summed E-state index contributed by atoms with van der Waals surface area (Å²) in [5.74, 6) is -1.24. The lowest BCUT2D eigenvalue weighted by Crippen LogP contribution is -2.31. The highest BCUT2D eigenvalue weighted by atomic mass is 79.9. The Balaban J connectivity index is 1.68. The van der Waals surface area contributed by atoms with E-state index in [1.807, 2.05) is 29.8 Å². The van der Waals surface area contributed by atoms with E-state index in [4.69, 9.17) is 4.52 Å². The van der Waals surface area contributed by atoms with Crippen molar-refractivity contribution in [2.75, 3.05) is 23.7 Å². The molecule has 0 aliphatic carbocycles. The van der Waals surface area contributed by atoms with E-state index in [0.29, 0.717) is 20.9 Å². The third-order valence-corrected chi connectivity index (χ3v) is 9.74. The van der Waals surface area contributed by atoms with E-state index in [-0.39, 0.29) is 15.7 Å². The Morgan fingerprint density at radius 1 is 1.00 bits per heavy atom. The Bertz CT molecular complexity index is 1660. The summed E-state index contributed by atoms with van der Waals surface area (Å²) in [6.07, 6.45) is 0. The van der Waals surface area contributed by atoms with E-state index in [1.54, 1.807) is 31.2 Å². The molecule has 184 valence electrons. The topological polar surface area (TPSA) is 139 Å². The molecule has 2 aromatic carbocycles. The number of anilines is 2. The van der Waals surface area contributed by atoms with Crippen LogP contribution in [0.15, 0.2) is 66.6 Å². The van der Waals surface area contributed by atoms with Gasteiger partial charge in [0.05, 0.1) is 10.6 Å². The highest BCUT2D eigenvalue weighted by Crippen LogP contribution is 2.32. The number of nitrogens with zero attached hydrogens (tertiary/aromatic N) is 2. The van der Waals surface area contributed by atoms with Gasteiger partial charge in [-0.15, -0.1) is 11.3 Å². The number of aromatic nitrogens is 1. The summed E-state index contributed by atoms with van der Waals surface area (Å²) in [6, 6.07) is 11.2. The van der Waals surface area contributed by atoms with Crippen molar-refractivity contribution in [3.8, 4) is 0 Å². The van der Waals surface area contributed by atoms with Gasteiger partial charge < -0.3 is 9.42 Å². The zero-order valence-electron chi connectivity index (χ0n) is 18.6. The predicted molar refractivity (Wildman–Crippen MR) is 137 cm³/mol. The van der Waals surface area contributed by atoms with Gasteiger partial charge in [-0.1, -0.05) is 29.4 Å². The van der Waals surface area contributed by atoms with E-state index >= 15 is 0 Å². The first-order chi connectivity index (χ1) is 16.4. The lowest BCUT2D eigenvalue weighted by molar-refractivity contribution is 0.0982. The molecular weight excluding hydrogens is 580 g/mol. The highest BCUT2D eigenvalue weighted by molar-refractivity contribution is 9.10. The molecule has 2 aromatic heterocycles. The van der Waals surface area contributed by atoms with Gasteiger partial charge in [-0.05, 0) is 46.4 Å². The van der Waals surface area contributed by atoms with Crippen LogP contribution >= 0.6 is 27.3 Å². The third kappa shape index (κ3) is 4.78. The molecule has 0 saturated carbocycles. The second-order valence-corrected chi connectivity index (χ2v) is 12.6. The van der Waals surface area contributed by atoms with Crippen LogP contribution in [0.3, 0.4) is 0 Å². The molecule has 0 unspecified atom stereocenters. The van der Waals surface area contributed by atoms with Gasteiger partial charge >= 0.3 is 0 Å². The standard InChI is InChI=1S/C21H19BrN4O6S3/c1-12-18(22)21(32-23-12)25-35(30,31)17-10-11-33-19(17)20(27)24-34(28,29)16-9-5-6-13-14(16)7-4-8-15(13)26(2)3/h4-11,25H,1-3H3,(H,24,27). The summed E-state index contributed by atoms with van der Waals surface area (Å²) < 4.78 is 61.7. The average Bonchev–Trinajstić information content (AvgIpc) is 3.41. The third-order valence-electron chi connectivity index (χ3n) is 5.00. The molecule has 1 amide bonds. The average molecular weight is 600 g/mol. The zero-order chi connectivity index (χ0) is 25.5. The van der Waals surface area contributed by atoms with Crippen LogP contribution in [0.1, 0.15) is 15.4 Å². The number of fused-ring (bicyclic) bond motifs is 1. The molecule has 4 aromatic rings. The quantitative estimate of drug-likeness (QED) is 0.326. The van der Waals surface area contributed by atoms with Crippen molar-refractivity contribution in [2.24, 2.45) is 0 Å². The fourth-order valence-corrected chi connectivity index (χ4v) is 7.33. The number of nitrogens with one attached hydrogen (secondary N) is 2. The normalized spacial score (nSPS) is 12.0. The molecule has 0 atom stereocenters. The maximum atomic E-state index is 13.2. The number of rotatable bonds is 7. The summed E-state index contributed by atoms with van der Waals surface area (Å²) in [6.45, 7) is 1.61. The molecule has 10 nitrogen and oxygen atoms in total. The van der Waals surface area contributed by atoms with Crippen LogP contribution in [-0.4, -0.2) is 42.0 Å². The smallest absolute Gasteiger partial charge is 0.276 e. The van der Waals surface area contributed by atoms with Gasteiger partial charge in [0.1, 0.15) is 14.2 Å². The fourth-order valence-electron chi connectivity index (χ4n) is 3.39. The molecular formula is C21H19BrN4O6S3. The van der Waals surface area contributed by atoms with Crippen molar-refractivity contribution in [1.29, 1.82) is 0 Å². The van der Waals surface area contributed by atoms with E-state index in [0.717, 1.165) is 17.0 Å². The minimum absolute atomic E-state index is 0.104. The molecule has 0 bridgehead atoms. The molecule has 0 spiro atoms. The molecule has 0 fully saturated rings. The van der Waals surface area contributed by atoms with Gasteiger partial charge in [-0.25, -0.2) is 26.3 Å². The predicted octanol–water partition coefficient (Wildman–Crippen LogP) is 3.95. The molecule has 2 N–H and O–H groups in total. The van der Waals surface area contributed by atoms with E-state index in [9.17, 15) is 21.6 Å². The van der Waals surface area contributed by atoms with Crippen LogP contribution < -0.4 is 14.3 Å².